The fourth-order valence-corrected chi connectivity index (χ4v) is 2.91. The van der Waals surface area contributed by atoms with Gasteiger partial charge in [0.05, 0.1) is 5.56 Å². The van der Waals surface area contributed by atoms with Gasteiger partial charge in [-0.3, -0.25) is 0 Å². The molecule has 2 heterocycles. The van der Waals surface area contributed by atoms with Gasteiger partial charge in [-0.25, -0.2) is 4.98 Å². The highest BCUT2D eigenvalue weighted by molar-refractivity contribution is 9.10. The number of nitrogens with one attached hydrogen (secondary N) is 1. The van der Waals surface area contributed by atoms with Crippen molar-refractivity contribution >= 4 is 21.7 Å². The van der Waals surface area contributed by atoms with Crippen LogP contribution >= 0.6 is 15.9 Å². The molecule has 1 aromatic rings. The monoisotopic (exact) mass is 365 g/mol. The summed E-state index contributed by atoms with van der Waals surface area (Å²) in [6, 6.07) is 0.973. The number of nitrogens with zero attached hydrogens (tertiary/aromatic N) is 2. The summed E-state index contributed by atoms with van der Waals surface area (Å²) >= 11 is 3.04. The number of piperidine rings is 1. The Bertz CT molecular complexity index is 473. The first-order chi connectivity index (χ1) is 9.86. The van der Waals surface area contributed by atoms with Gasteiger partial charge >= 0.3 is 6.18 Å². The van der Waals surface area contributed by atoms with E-state index >= 15 is 0 Å². The number of halogens is 4. The average molecular weight is 366 g/mol. The summed E-state index contributed by atoms with van der Waals surface area (Å²) in [6.07, 6.45) is 0.536. The molecule has 0 amide bonds. The number of alkyl halides is 3. The smallest absolute Gasteiger partial charge is 0.366 e. The molecule has 0 aliphatic carbocycles. The van der Waals surface area contributed by atoms with Gasteiger partial charge in [0.25, 0.3) is 0 Å². The Balaban J connectivity index is 2.04. The highest BCUT2D eigenvalue weighted by Crippen LogP contribution is 2.35. The van der Waals surface area contributed by atoms with E-state index in [2.05, 4.69) is 31.1 Å². The molecule has 1 aliphatic heterocycles. The lowest BCUT2D eigenvalue weighted by Gasteiger charge is -2.30. The molecular weight excluding hydrogens is 347 g/mol. The highest BCUT2D eigenvalue weighted by atomic mass is 79.9. The molecule has 1 aliphatic rings. The van der Waals surface area contributed by atoms with E-state index in [9.17, 15) is 13.2 Å². The largest absolute Gasteiger partial charge is 0.419 e. The molecule has 1 atom stereocenters. The number of pyridine rings is 1. The van der Waals surface area contributed by atoms with Gasteiger partial charge in [0.1, 0.15) is 5.82 Å². The van der Waals surface area contributed by atoms with Crippen LogP contribution in [0.2, 0.25) is 0 Å². The first kappa shape index (κ1) is 16.5. The Hall–Kier alpha value is -0.820. The zero-order valence-corrected chi connectivity index (χ0v) is 13.5. The van der Waals surface area contributed by atoms with E-state index in [-0.39, 0.29) is 11.9 Å². The zero-order chi connectivity index (χ0) is 15.5. The number of hydrogen-bond donors (Lipinski definition) is 1. The third-order valence-corrected chi connectivity index (χ3v) is 3.96. The van der Waals surface area contributed by atoms with Gasteiger partial charge in [0.15, 0.2) is 0 Å². The minimum absolute atomic E-state index is 0.0853. The zero-order valence-electron chi connectivity index (χ0n) is 11.9. The first-order valence-electron chi connectivity index (χ1n) is 7.08. The summed E-state index contributed by atoms with van der Waals surface area (Å²) in [5.74, 6) is -0.102. The molecule has 21 heavy (non-hydrogen) atoms. The summed E-state index contributed by atoms with van der Waals surface area (Å²) < 4.78 is 39.4. The van der Waals surface area contributed by atoms with Crippen LogP contribution in [0.4, 0.5) is 19.0 Å². The van der Waals surface area contributed by atoms with Crippen LogP contribution in [0.15, 0.2) is 16.7 Å². The van der Waals surface area contributed by atoms with E-state index in [0.717, 1.165) is 38.5 Å². The summed E-state index contributed by atoms with van der Waals surface area (Å²) in [5, 5.41) is 2.90. The van der Waals surface area contributed by atoms with E-state index < -0.39 is 11.7 Å². The van der Waals surface area contributed by atoms with E-state index in [0.29, 0.717) is 4.47 Å². The third kappa shape index (κ3) is 4.85. The Morgan fingerprint density at radius 3 is 2.62 bits per heavy atom. The summed E-state index contributed by atoms with van der Waals surface area (Å²) in [6.45, 7) is 4.66. The third-order valence-electron chi connectivity index (χ3n) is 3.52. The molecule has 0 saturated carbocycles. The first-order valence-corrected chi connectivity index (χ1v) is 7.87. The topological polar surface area (TPSA) is 28.2 Å². The number of aromatic nitrogens is 1. The van der Waals surface area contributed by atoms with Crippen molar-refractivity contribution in [2.45, 2.75) is 38.4 Å². The second-order valence-electron chi connectivity index (χ2n) is 5.45. The van der Waals surface area contributed by atoms with Crippen LogP contribution in [0, 0.1) is 0 Å². The van der Waals surface area contributed by atoms with Gasteiger partial charge in [0.2, 0.25) is 0 Å². The lowest BCUT2D eigenvalue weighted by Crippen LogP contribution is -2.38. The number of anilines is 1. The van der Waals surface area contributed by atoms with Gasteiger partial charge in [-0.1, -0.05) is 6.42 Å². The maximum absolute atomic E-state index is 13.0. The van der Waals surface area contributed by atoms with Gasteiger partial charge < -0.3 is 10.2 Å². The molecule has 118 valence electrons. The van der Waals surface area contributed by atoms with Crippen molar-refractivity contribution in [2.75, 3.05) is 25.0 Å². The lowest BCUT2D eigenvalue weighted by molar-refractivity contribution is -0.137. The molecule has 7 heteroatoms. The normalized spacial score (nSPS) is 18.5. The Labute approximate surface area is 131 Å². The average Bonchev–Trinajstić information content (AvgIpc) is 2.40. The molecule has 0 bridgehead atoms. The van der Waals surface area contributed by atoms with Crippen molar-refractivity contribution in [3.8, 4) is 0 Å². The number of hydrogen-bond acceptors (Lipinski definition) is 3. The van der Waals surface area contributed by atoms with Crippen molar-refractivity contribution in [2.24, 2.45) is 0 Å². The van der Waals surface area contributed by atoms with Crippen LogP contribution in [-0.4, -0.2) is 35.6 Å². The van der Waals surface area contributed by atoms with E-state index in [1.165, 1.54) is 12.6 Å². The van der Waals surface area contributed by atoms with Crippen LogP contribution in [0.1, 0.15) is 31.7 Å². The molecule has 0 radical (unpaired) electrons. The summed E-state index contributed by atoms with van der Waals surface area (Å²) in [5.41, 5.74) is -0.734. The van der Waals surface area contributed by atoms with Crippen LogP contribution in [0.3, 0.4) is 0 Å². The molecule has 0 aromatic carbocycles. The molecule has 1 unspecified atom stereocenters. The van der Waals surface area contributed by atoms with Crippen molar-refractivity contribution < 1.29 is 13.2 Å². The maximum atomic E-state index is 13.0. The van der Waals surface area contributed by atoms with Crippen molar-refractivity contribution in [1.29, 1.82) is 0 Å². The van der Waals surface area contributed by atoms with Crippen LogP contribution < -0.4 is 5.32 Å². The molecule has 1 N–H and O–H groups in total. The minimum Gasteiger partial charge on any atom is -0.366 e. The van der Waals surface area contributed by atoms with Crippen molar-refractivity contribution in [3.63, 3.8) is 0 Å². The predicted molar refractivity (Wildman–Crippen MR) is 80.3 cm³/mol. The standard InChI is InChI=1S/C14H19BrF3N3/c1-10(9-21-5-3-2-4-6-21)20-13-12(14(16,17)18)7-11(15)8-19-13/h7-8,10H,2-6,9H2,1H3,(H,19,20). The molecule has 1 fully saturated rings. The number of rotatable bonds is 4. The van der Waals surface area contributed by atoms with Gasteiger partial charge in [-0.05, 0) is 54.9 Å². The van der Waals surface area contributed by atoms with Crippen LogP contribution in [-0.2, 0) is 6.18 Å². The predicted octanol–water partition coefficient (Wildman–Crippen LogP) is 4.15. The second kappa shape index (κ2) is 6.96. The maximum Gasteiger partial charge on any atom is 0.419 e. The Kier molecular flexibility index (Phi) is 5.48. The molecular formula is C14H19BrF3N3. The van der Waals surface area contributed by atoms with E-state index in [4.69, 9.17) is 0 Å². The molecule has 3 nitrogen and oxygen atoms in total. The molecule has 1 aromatic heterocycles. The van der Waals surface area contributed by atoms with Crippen molar-refractivity contribution in [1.82, 2.24) is 9.88 Å². The lowest BCUT2D eigenvalue weighted by atomic mass is 10.1. The Morgan fingerprint density at radius 1 is 1.33 bits per heavy atom. The fraction of sp³-hybridized carbons (Fsp3) is 0.643. The highest BCUT2D eigenvalue weighted by Gasteiger charge is 2.35. The van der Waals surface area contributed by atoms with Crippen molar-refractivity contribution in [3.05, 3.63) is 22.3 Å². The summed E-state index contributed by atoms with van der Waals surface area (Å²) in [4.78, 5) is 6.17. The molecule has 1 saturated heterocycles. The minimum atomic E-state index is -4.41. The quantitative estimate of drug-likeness (QED) is 0.868. The summed E-state index contributed by atoms with van der Waals surface area (Å²) in [7, 11) is 0. The van der Waals surface area contributed by atoms with Crippen LogP contribution in [0.25, 0.3) is 0 Å². The van der Waals surface area contributed by atoms with E-state index in [1.807, 2.05) is 6.92 Å². The Morgan fingerprint density at radius 2 is 2.00 bits per heavy atom. The second-order valence-corrected chi connectivity index (χ2v) is 6.37. The fourth-order valence-electron chi connectivity index (χ4n) is 2.58. The van der Waals surface area contributed by atoms with Gasteiger partial charge in [-0.15, -0.1) is 0 Å². The van der Waals surface area contributed by atoms with E-state index in [1.54, 1.807) is 0 Å². The van der Waals surface area contributed by atoms with Gasteiger partial charge in [-0.2, -0.15) is 13.2 Å². The SMILES string of the molecule is CC(CN1CCCCC1)Nc1ncc(Br)cc1C(F)(F)F. The number of likely N-dealkylation sites (tertiary alicyclic amines) is 1. The van der Waals surface area contributed by atoms with Crippen LogP contribution in [0.5, 0.6) is 0 Å². The molecule has 0 spiro atoms. The van der Waals surface area contributed by atoms with Gasteiger partial charge in [0, 0.05) is 23.3 Å². The molecule has 2 rings (SSSR count).